The minimum Gasteiger partial charge on any atom is -0.494 e. The minimum atomic E-state index is 0.109. The summed E-state index contributed by atoms with van der Waals surface area (Å²) >= 11 is 0. The maximum absolute atomic E-state index is 12.3. The van der Waals surface area contributed by atoms with Crippen LogP contribution in [0.2, 0.25) is 0 Å². The molecule has 2 N–H and O–H groups in total. The number of rotatable bonds is 5. The first-order valence-corrected chi connectivity index (χ1v) is 7.32. The predicted molar refractivity (Wildman–Crippen MR) is 79.4 cm³/mol. The van der Waals surface area contributed by atoms with Gasteiger partial charge in [-0.2, -0.15) is 0 Å². The molecule has 4 nitrogen and oxygen atoms in total. The molecule has 2 atom stereocenters. The highest BCUT2D eigenvalue weighted by Gasteiger charge is 2.29. The Morgan fingerprint density at radius 1 is 1.35 bits per heavy atom. The number of hydrogen-bond acceptors (Lipinski definition) is 3. The number of carbonyl (C=O) groups is 1. The second-order valence-electron chi connectivity index (χ2n) is 5.54. The Hall–Kier alpha value is -1.55. The molecule has 0 spiro atoms. The van der Waals surface area contributed by atoms with Crippen LogP contribution in [0.3, 0.4) is 0 Å². The first kappa shape index (κ1) is 14.9. The van der Waals surface area contributed by atoms with E-state index in [9.17, 15) is 4.79 Å². The average Bonchev–Trinajstić information content (AvgIpc) is 2.87. The zero-order valence-corrected chi connectivity index (χ0v) is 12.3. The topological polar surface area (TPSA) is 55.6 Å². The molecular formula is C16H24N2O2. The van der Waals surface area contributed by atoms with Gasteiger partial charge in [-0.1, -0.05) is 12.1 Å². The van der Waals surface area contributed by atoms with Crippen molar-refractivity contribution in [2.24, 2.45) is 11.7 Å². The maximum Gasteiger partial charge on any atom is 0.225 e. The monoisotopic (exact) mass is 276 g/mol. The van der Waals surface area contributed by atoms with E-state index in [1.165, 1.54) is 0 Å². The van der Waals surface area contributed by atoms with Crippen molar-refractivity contribution in [2.75, 3.05) is 13.7 Å². The standard InChI is InChI=1S/C16H24N2O2/c1-3-20-15-8-4-12(5-9-15)11-18(2)16(19)13-6-7-14(17)10-13/h4-5,8-9,13-14H,3,6-7,10-11,17H2,1-2H3. The lowest BCUT2D eigenvalue weighted by Crippen LogP contribution is -2.32. The number of amides is 1. The Balaban J connectivity index is 1.90. The van der Waals surface area contributed by atoms with E-state index in [0.717, 1.165) is 30.6 Å². The largest absolute Gasteiger partial charge is 0.494 e. The molecule has 110 valence electrons. The molecule has 2 unspecified atom stereocenters. The fraction of sp³-hybridized carbons (Fsp3) is 0.562. The van der Waals surface area contributed by atoms with Gasteiger partial charge in [-0.05, 0) is 43.9 Å². The molecule has 1 fully saturated rings. The Morgan fingerprint density at radius 2 is 2.05 bits per heavy atom. The zero-order chi connectivity index (χ0) is 14.5. The van der Waals surface area contributed by atoms with Gasteiger partial charge in [0.15, 0.2) is 0 Å². The number of ether oxygens (including phenoxy) is 1. The van der Waals surface area contributed by atoms with Crippen LogP contribution < -0.4 is 10.5 Å². The van der Waals surface area contributed by atoms with E-state index in [1.54, 1.807) is 4.90 Å². The summed E-state index contributed by atoms with van der Waals surface area (Å²) in [4.78, 5) is 14.1. The van der Waals surface area contributed by atoms with Crippen molar-refractivity contribution in [3.63, 3.8) is 0 Å². The molecule has 1 aromatic rings. The van der Waals surface area contributed by atoms with E-state index in [2.05, 4.69) is 0 Å². The van der Waals surface area contributed by atoms with Gasteiger partial charge in [0.05, 0.1) is 6.61 Å². The van der Waals surface area contributed by atoms with E-state index in [-0.39, 0.29) is 17.9 Å². The van der Waals surface area contributed by atoms with Crippen LogP contribution in [0.4, 0.5) is 0 Å². The summed E-state index contributed by atoms with van der Waals surface area (Å²) in [5, 5.41) is 0. The molecule has 1 amide bonds. The van der Waals surface area contributed by atoms with Gasteiger partial charge in [-0.3, -0.25) is 4.79 Å². The van der Waals surface area contributed by atoms with Crippen molar-refractivity contribution in [3.05, 3.63) is 29.8 Å². The summed E-state index contributed by atoms with van der Waals surface area (Å²) < 4.78 is 5.41. The minimum absolute atomic E-state index is 0.109. The molecule has 0 aromatic heterocycles. The molecular weight excluding hydrogens is 252 g/mol. The van der Waals surface area contributed by atoms with E-state index >= 15 is 0 Å². The zero-order valence-electron chi connectivity index (χ0n) is 12.3. The van der Waals surface area contributed by atoms with Gasteiger partial charge in [-0.25, -0.2) is 0 Å². The highest BCUT2D eigenvalue weighted by molar-refractivity contribution is 5.79. The normalized spacial score (nSPS) is 21.8. The molecule has 1 aliphatic carbocycles. The van der Waals surface area contributed by atoms with E-state index in [1.807, 2.05) is 38.2 Å². The van der Waals surface area contributed by atoms with Crippen molar-refractivity contribution in [1.82, 2.24) is 4.90 Å². The highest BCUT2D eigenvalue weighted by Crippen LogP contribution is 2.26. The summed E-state index contributed by atoms with van der Waals surface area (Å²) in [6, 6.07) is 8.11. The van der Waals surface area contributed by atoms with Gasteiger partial charge >= 0.3 is 0 Å². The van der Waals surface area contributed by atoms with Gasteiger partial charge in [-0.15, -0.1) is 0 Å². The smallest absolute Gasteiger partial charge is 0.225 e. The van der Waals surface area contributed by atoms with Crippen molar-refractivity contribution in [1.29, 1.82) is 0 Å². The predicted octanol–water partition coefficient (Wildman–Crippen LogP) is 2.17. The van der Waals surface area contributed by atoms with Gasteiger partial charge in [0.1, 0.15) is 5.75 Å². The molecule has 2 rings (SSSR count). The second kappa shape index (κ2) is 6.75. The fourth-order valence-corrected chi connectivity index (χ4v) is 2.76. The summed E-state index contributed by atoms with van der Waals surface area (Å²) in [7, 11) is 1.86. The quantitative estimate of drug-likeness (QED) is 0.896. The highest BCUT2D eigenvalue weighted by atomic mass is 16.5. The lowest BCUT2D eigenvalue weighted by Gasteiger charge is -2.21. The third-order valence-corrected chi connectivity index (χ3v) is 3.85. The fourth-order valence-electron chi connectivity index (χ4n) is 2.76. The van der Waals surface area contributed by atoms with Crippen LogP contribution in [0, 0.1) is 5.92 Å². The number of nitrogens with zero attached hydrogens (tertiary/aromatic N) is 1. The molecule has 0 bridgehead atoms. The lowest BCUT2D eigenvalue weighted by molar-refractivity contribution is -0.134. The van der Waals surface area contributed by atoms with E-state index < -0.39 is 0 Å². The molecule has 20 heavy (non-hydrogen) atoms. The summed E-state index contributed by atoms with van der Waals surface area (Å²) in [6.45, 7) is 3.27. The molecule has 1 aromatic carbocycles. The Bertz CT molecular complexity index is 444. The van der Waals surface area contributed by atoms with Crippen LogP contribution in [0.25, 0.3) is 0 Å². The van der Waals surface area contributed by atoms with Crippen molar-refractivity contribution >= 4 is 5.91 Å². The van der Waals surface area contributed by atoms with Gasteiger partial charge in [0.2, 0.25) is 5.91 Å². The van der Waals surface area contributed by atoms with Crippen LogP contribution in [0.15, 0.2) is 24.3 Å². The van der Waals surface area contributed by atoms with Crippen molar-refractivity contribution < 1.29 is 9.53 Å². The Labute approximate surface area is 120 Å². The number of benzene rings is 1. The summed E-state index contributed by atoms with van der Waals surface area (Å²) in [5.41, 5.74) is 6.99. The maximum atomic E-state index is 12.3. The summed E-state index contributed by atoms with van der Waals surface area (Å²) in [5.74, 6) is 1.19. The van der Waals surface area contributed by atoms with Gasteiger partial charge in [0.25, 0.3) is 0 Å². The SMILES string of the molecule is CCOc1ccc(CN(C)C(=O)C2CCC(N)C2)cc1. The first-order valence-electron chi connectivity index (χ1n) is 7.32. The molecule has 0 heterocycles. The summed E-state index contributed by atoms with van der Waals surface area (Å²) in [6.07, 6.45) is 2.72. The number of hydrogen-bond donors (Lipinski definition) is 1. The van der Waals surface area contributed by atoms with Crippen LogP contribution in [-0.4, -0.2) is 30.5 Å². The molecule has 0 radical (unpaired) electrons. The molecule has 0 aliphatic heterocycles. The van der Waals surface area contributed by atoms with Crippen molar-refractivity contribution in [3.8, 4) is 5.75 Å². The van der Waals surface area contributed by atoms with Crippen LogP contribution in [-0.2, 0) is 11.3 Å². The molecule has 4 heteroatoms. The third-order valence-electron chi connectivity index (χ3n) is 3.85. The second-order valence-corrected chi connectivity index (χ2v) is 5.54. The Kier molecular flexibility index (Phi) is 5.01. The van der Waals surface area contributed by atoms with Crippen molar-refractivity contribution in [2.45, 2.75) is 38.8 Å². The number of nitrogens with two attached hydrogens (primary N) is 1. The third kappa shape index (κ3) is 3.73. The van der Waals surface area contributed by atoms with E-state index in [0.29, 0.717) is 13.2 Å². The average molecular weight is 276 g/mol. The molecule has 0 saturated heterocycles. The first-order chi connectivity index (χ1) is 9.60. The lowest BCUT2D eigenvalue weighted by atomic mass is 10.1. The Morgan fingerprint density at radius 3 is 2.60 bits per heavy atom. The van der Waals surface area contributed by atoms with Gasteiger partial charge in [0, 0.05) is 25.6 Å². The number of carbonyl (C=O) groups excluding carboxylic acids is 1. The van der Waals surface area contributed by atoms with Crippen LogP contribution >= 0.6 is 0 Å². The van der Waals surface area contributed by atoms with E-state index in [4.69, 9.17) is 10.5 Å². The van der Waals surface area contributed by atoms with Crippen LogP contribution in [0.1, 0.15) is 31.7 Å². The van der Waals surface area contributed by atoms with Crippen LogP contribution in [0.5, 0.6) is 5.75 Å². The van der Waals surface area contributed by atoms with Gasteiger partial charge < -0.3 is 15.4 Å². The molecule has 1 saturated carbocycles. The molecule has 1 aliphatic rings.